The molecule has 192 valence electrons. The summed E-state index contributed by atoms with van der Waals surface area (Å²) >= 11 is 3.37. The third kappa shape index (κ3) is 5.27. The summed E-state index contributed by atoms with van der Waals surface area (Å²) < 4.78 is 28.7. The van der Waals surface area contributed by atoms with Crippen LogP contribution >= 0.6 is 15.9 Å². The van der Waals surface area contributed by atoms with Crippen molar-refractivity contribution in [2.75, 3.05) is 31.5 Å². The van der Waals surface area contributed by atoms with Gasteiger partial charge in [-0.15, -0.1) is 0 Å². The van der Waals surface area contributed by atoms with E-state index < -0.39 is 10.0 Å². The van der Waals surface area contributed by atoms with Crippen molar-refractivity contribution in [3.8, 4) is 0 Å². The summed E-state index contributed by atoms with van der Waals surface area (Å²) in [6.45, 7) is 8.31. The normalized spacial score (nSPS) is 16.1. The topological polar surface area (TPSA) is 78.4 Å². The summed E-state index contributed by atoms with van der Waals surface area (Å²) in [5.41, 5.74) is 4.24. The van der Waals surface area contributed by atoms with Gasteiger partial charge in [-0.2, -0.15) is 4.31 Å². The van der Waals surface area contributed by atoms with Crippen LogP contribution in [0.1, 0.15) is 29.9 Å². The highest BCUT2D eigenvalue weighted by atomic mass is 79.9. The van der Waals surface area contributed by atoms with E-state index in [-0.39, 0.29) is 6.04 Å². The summed E-state index contributed by atoms with van der Waals surface area (Å²) in [6, 6.07) is 21.0. The van der Waals surface area contributed by atoms with E-state index in [0.29, 0.717) is 31.1 Å². The summed E-state index contributed by atoms with van der Waals surface area (Å²) in [5.74, 6) is 1.50. The van der Waals surface area contributed by atoms with Crippen LogP contribution in [-0.2, 0) is 10.0 Å². The quantitative estimate of drug-likeness (QED) is 0.310. The number of fused-ring (bicyclic) bond motifs is 1. The molecule has 1 atom stereocenters. The lowest BCUT2D eigenvalue weighted by Gasteiger charge is -2.36. The third-order valence-electron chi connectivity index (χ3n) is 6.99. The molecule has 0 saturated carbocycles. The van der Waals surface area contributed by atoms with Crippen LogP contribution in [0.2, 0.25) is 0 Å². The van der Waals surface area contributed by atoms with Crippen LogP contribution < -0.4 is 5.32 Å². The van der Waals surface area contributed by atoms with Gasteiger partial charge in [-0.3, -0.25) is 4.90 Å². The van der Waals surface area contributed by atoms with E-state index in [4.69, 9.17) is 9.97 Å². The van der Waals surface area contributed by atoms with Crippen molar-refractivity contribution in [3.05, 3.63) is 88.2 Å². The average Bonchev–Trinajstić information content (AvgIpc) is 2.90. The van der Waals surface area contributed by atoms with Crippen LogP contribution in [0.3, 0.4) is 0 Å². The molecular formula is C28H30BrN5O2S. The molecule has 2 heterocycles. The average molecular weight is 581 g/mol. The predicted octanol–water partition coefficient (Wildman–Crippen LogP) is 5.82. The zero-order valence-corrected chi connectivity index (χ0v) is 23.6. The minimum Gasteiger partial charge on any atom is -0.339 e. The Morgan fingerprint density at radius 2 is 1.51 bits per heavy atom. The van der Waals surface area contributed by atoms with Gasteiger partial charge >= 0.3 is 0 Å². The molecule has 0 aliphatic carbocycles. The number of hydrogen-bond donors (Lipinski definition) is 1. The molecule has 3 aromatic carbocycles. The van der Waals surface area contributed by atoms with Crippen molar-refractivity contribution in [1.82, 2.24) is 19.2 Å². The molecule has 1 fully saturated rings. The minimum absolute atomic E-state index is 0.0688. The molecule has 1 aliphatic heterocycles. The van der Waals surface area contributed by atoms with Gasteiger partial charge in [0.1, 0.15) is 11.6 Å². The van der Waals surface area contributed by atoms with Gasteiger partial charge in [-0.1, -0.05) is 46.3 Å². The number of anilines is 2. The molecule has 0 unspecified atom stereocenters. The Labute approximate surface area is 226 Å². The van der Waals surface area contributed by atoms with E-state index in [2.05, 4.69) is 65.1 Å². The number of nitrogens with one attached hydrogen (secondary N) is 1. The van der Waals surface area contributed by atoms with Crippen LogP contribution in [-0.4, -0.2) is 53.8 Å². The standard InChI is InChI=1S/C28H30BrN5O2S/c1-19-7-6-8-20(2)26(19)31-28-24-9-4-5-10-25(24)30-27(32-28)21(3)33-15-17-34(18-16-33)37(35,36)23-13-11-22(29)12-14-23/h4-14,21H,15-18H2,1-3H3,(H,30,31,32)/t21-/m1/s1. The fourth-order valence-electron chi connectivity index (χ4n) is 4.76. The van der Waals surface area contributed by atoms with E-state index in [9.17, 15) is 8.42 Å². The molecule has 1 aromatic heterocycles. The number of benzene rings is 3. The van der Waals surface area contributed by atoms with E-state index in [1.165, 1.54) is 0 Å². The summed E-state index contributed by atoms with van der Waals surface area (Å²) in [4.78, 5) is 12.4. The second-order valence-corrected chi connectivity index (χ2v) is 12.3. The second kappa shape index (κ2) is 10.5. The summed E-state index contributed by atoms with van der Waals surface area (Å²) in [7, 11) is -3.53. The van der Waals surface area contributed by atoms with E-state index in [1.54, 1.807) is 28.6 Å². The van der Waals surface area contributed by atoms with Crippen LogP contribution in [0.5, 0.6) is 0 Å². The van der Waals surface area contributed by atoms with Gasteiger partial charge < -0.3 is 5.32 Å². The second-order valence-electron chi connectivity index (χ2n) is 9.41. The minimum atomic E-state index is -3.53. The van der Waals surface area contributed by atoms with Crippen molar-refractivity contribution in [2.45, 2.75) is 31.7 Å². The first kappa shape index (κ1) is 25.8. The molecule has 4 aromatic rings. The number of rotatable bonds is 6. The number of nitrogens with zero attached hydrogens (tertiary/aromatic N) is 4. The number of aromatic nitrogens is 2. The summed E-state index contributed by atoms with van der Waals surface area (Å²) in [6.07, 6.45) is 0. The molecule has 0 bridgehead atoms. The fourth-order valence-corrected chi connectivity index (χ4v) is 6.44. The molecule has 1 aliphatic rings. The first-order valence-electron chi connectivity index (χ1n) is 12.3. The van der Waals surface area contributed by atoms with Crippen LogP contribution in [0, 0.1) is 13.8 Å². The van der Waals surface area contributed by atoms with Crippen molar-refractivity contribution < 1.29 is 8.42 Å². The molecule has 0 radical (unpaired) electrons. The maximum absolute atomic E-state index is 13.1. The molecular weight excluding hydrogens is 550 g/mol. The van der Waals surface area contributed by atoms with Gasteiger partial charge in [0.05, 0.1) is 16.5 Å². The number of piperazine rings is 1. The SMILES string of the molecule is Cc1cccc(C)c1Nc1nc([C@@H](C)N2CCN(S(=O)(=O)c3ccc(Br)cc3)CC2)nc2ccccc12. The zero-order chi connectivity index (χ0) is 26.2. The maximum Gasteiger partial charge on any atom is 0.243 e. The van der Waals surface area contributed by atoms with E-state index in [1.807, 2.05) is 24.3 Å². The lowest BCUT2D eigenvalue weighted by Crippen LogP contribution is -2.49. The lowest BCUT2D eigenvalue weighted by atomic mass is 10.1. The fraction of sp³-hybridized carbons (Fsp3) is 0.286. The van der Waals surface area contributed by atoms with Crippen molar-refractivity contribution in [1.29, 1.82) is 0 Å². The number of sulfonamides is 1. The zero-order valence-electron chi connectivity index (χ0n) is 21.1. The van der Waals surface area contributed by atoms with Gasteiger partial charge in [0, 0.05) is 41.7 Å². The molecule has 5 rings (SSSR count). The number of hydrogen-bond acceptors (Lipinski definition) is 6. The third-order valence-corrected chi connectivity index (χ3v) is 9.43. The number of aryl methyl sites for hydroxylation is 2. The Kier molecular flexibility index (Phi) is 7.31. The van der Waals surface area contributed by atoms with E-state index in [0.717, 1.165) is 43.8 Å². The first-order valence-corrected chi connectivity index (χ1v) is 14.6. The molecule has 1 N–H and O–H groups in total. The predicted molar refractivity (Wildman–Crippen MR) is 152 cm³/mol. The lowest BCUT2D eigenvalue weighted by molar-refractivity contribution is 0.141. The summed E-state index contributed by atoms with van der Waals surface area (Å²) in [5, 5.41) is 4.53. The molecule has 7 nitrogen and oxygen atoms in total. The highest BCUT2D eigenvalue weighted by Gasteiger charge is 2.31. The van der Waals surface area contributed by atoms with Crippen LogP contribution in [0.15, 0.2) is 76.1 Å². The van der Waals surface area contributed by atoms with Gasteiger partial charge in [0.15, 0.2) is 0 Å². The monoisotopic (exact) mass is 579 g/mol. The maximum atomic E-state index is 13.1. The highest BCUT2D eigenvalue weighted by molar-refractivity contribution is 9.10. The smallest absolute Gasteiger partial charge is 0.243 e. The van der Waals surface area contributed by atoms with Gasteiger partial charge in [0.2, 0.25) is 10.0 Å². The number of para-hydroxylation sites is 2. The molecule has 0 amide bonds. The Morgan fingerprint density at radius 3 is 2.19 bits per heavy atom. The Hall–Kier alpha value is -2.85. The van der Waals surface area contributed by atoms with Crippen LogP contribution in [0.25, 0.3) is 10.9 Å². The molecule has 0 spiro atoms. The Bertz CT molecular complexity index is 1510. The molecule has 37 heavy (non-hydrogen) atoms. The Morgan fingerprint density at radius 1 is 0.865 bits per heavy atom. The largest absolute Gasteiger partial charge is 0.339 e. The first-order chi connectivity index (χ1) is 17.7. The van der Waals surface area contributed by atoms with Gasteiger partial charge in [0.25, 0.3) is 0 Å². The van der Waals surface area contributed by atoms with Gasteiger partial charge in [-0.25, -0.2) is 18.4 Å². The van der Waals surface area contributed by atoms with Gasteiger partial charge in [-0.05, 0) is 68.3 Å². The van der Waals surface area contributed by atoms with Crippen molar-refractivity contribution >= 4 is 48.4 Å². The molecule has 1 saturated heterocycles. The highest BCUT2D eigenvalue weighted by Crippen LogP contribution is 2.30. The number of halogens is 1. The van der Waals surface area contributed by atoms with E-state index >= 15 is 0 Å². The van der Waals surface area contributed by atoms with Crippen molar-refractivity contribution in [2.24, 2.45) is 0 Å². The van der Waals surface area contributed by atoms with Crippen LogP contribution in [0.4, 0.5) is 11.5 Å². The van der Waals surface area contributed by atoms with Crippen molar-refractivity contribution in [3.63, 3.8) is 0 Å². The Balaban J connectivity index is 1.38. The molecule has 9 heteroatoms.